The Morgan fingerprint density at radius 1 is 0.443 bits per heavy atom. The summed E-state index contributed by atoms with van der Waals surface area (Å²) in [6.45, 7) is 15.7. The van der Waals surface area contributed by atoms with Crippen LogP contribution in [0, 0.1) is 33.5 Å². The number of aliphatic carboxylic acids is 1. The number of esters is 9. The van der Waals surface area contributed by atoms with E-state index in [-0.39, 0.29) is 76.2 Å². The van der Waals surface area contributed by atoms with Crippen LogP contribution >= 0.6 is 0 Å². The second-order valence-electron chi connectivity index (χ2n) is 36.1. The predicted molar refractivity (Wildman–Crippen MR) is 456 cm³/mol. The van der Waals surface area contributed by atoms with Gasteiger partial charge in [-0.25, -0.2) is 19.2 Å². The van der Waals surface area contributed by atoms with Crippen LogP contribution in [0.4, 0.5) is 0 Å². The van der Waals surface area contributed by atoms with Crippen molar-refractivity contribution in [3.05, 3.63) is 238 Å². The number of fused-ring (bicyclic) bond motifs is 10. The van der Waals surface area contributed by atoms with Gasteiger partial charge in [0.1, 0.15) is 53.9 Å². The molecule has 8 N–H and O–H groups in total. The van der Waals surface area contributed by atoms with Crippen LogP contribution in [-0.4, -0.2) is 223 Å². The zero-order valence-corrected chi connectivity index (χ0v) is 74.1. The van der Waals surface area contributed by atoms with E-state index in [1.165, 1.54) is 77.9 Å². The molecule has 2 aliphatic heterocycles. The Morgan fingerprint density at radius 3 is 1.11 bits per heavy atom. The van der Waals surface area contributed by atoms with E-state index in [0.29, 0.717) is 5.56 Å². The van der Waals surface area contributed by atoms with Crippen molar-refractivity contribution in [2.45, 2.75) is 229 Å². The van der Waals surface area contributed by atoms with Crippen molar-refractivity contribution in [1.82, 2.24) is 10.6 Å². The molecule has 6 aromatic rings. The van der Waals surface area contributed by atoms with Gasteiger partial charge in [-0.3, -0.25) is 47.9 Å². The average Bonchev–Trinajstić information content (AvgIpc) is 0.671. The van der Waals surface area contributed by atoms with E-state index >= 15 is 14.4 Å². The third kappa shape index (κ3) is 17.6. The molecule has 6 aromatic carbocycles. The van der Waals surface area contributed by atoms with Crippen LogP contribution in [0.3, 0.4) is 0 Å². The molecule has 4 unspecified atom stereocenters. The first kappa shape index (κ1) is 96.1. The minimum absolute atomic E-state index is 0.00289. The lowest BCUT2D eigenvalue weighted by Crippen LogP contribution is -2.82. The maximum absolute atomic E-state index is 15.7. The summed E-state index contributed by atoms with van der Waals surface area (Å²) in [5.41, 5.74) is -14.8. The first-order chi connectivity index (χ1) is 61.8. The van der Waals surface area contributed by atoms with Crippen LogP contribution in [0.5, 0.6) is 0 Å². The number of hydrogen-bond acceptors (Lipinski definition) is 30. The van der Waals surface area contributed by atoms with Gasteiger partial charge in [0, 0.05) is 75.3 Å². The summed E-state index contributed by atoms with van der Waals surface area (Å²) in [4.78, 5) is 194. The highest BCUT2D eigenvalue weighted by Crippen LogP contribution is 2.67. The number of amides is 2. The molecule has 22 atom stereocenters. The van der Waals surface area contributed by atoms with Gasteiger partial charge in [-0.2, -0.15) is 0 Å². The molecule has 0 aromatic heterocycles. The van der Waals surface area contributed by atoms with Crippen molar-refractivity contribution in [1.29, 1.82) is 0 Å². The SMILES string of the molecule is CC(=O)O[C@H]1C(=O)[C@@]2(C)[C@H]([C@H](OC(=O)c3ccccc3)[C@]3(O)CC(OC(=O)[C@H](O)C(NC(=O)c4ccccc4)c4ccccc4)C(C)=C1C3(C)C)[C@]1(OC(C)=O)CO[C@@H]1C[C@@H]2O.CC(=O)O[C@H]1C(=O)[C@@]2(C)[C@H]([C@H](OC(=O)c3ccccc3)[C@]3(O)CC(OC(=O)[C@H](OC(=O)CCC(=O)O)C(NC(=O)c4ccccc4)c4ccccc4)C(C)=C1C3(C)C)[C@]1(OC(C)=O)CO[C@@H]1C[C@@H]2O. The molecule has 2 heterocycles. The van der Waals surface area contributed by atoms with E-state index in [0.717, 1.165) is 27.7 Å². The van der Waals surface area contributed by atoms with Crippen molar-refractivity contribution in [3.63, 3.8) is 0 Å². The van der Waals surface area contributed by atoms with Crippen molar-refractivity contribution in [2.24, 2.45) is 33.5 Å². The van der Waals surface area contributed by atoms with Crippen LogP contribution in [-0.2, 0) is 100 Å². The molecule has 6 aliphatic carbocycles. The van der Waals surface area contributed by atoms with Gasteiger partial charge in [0.2, 0.25) is 6.10 Å². The van der Waals surface area contributed by atoms with E-state index in [4.69, 9.17) is 52.1 Å². The molecule has 33 nitrogen and oxygen atoms in total. The topological polar surface area (TPSA) is 486 Å². The van der Waals surface area contributed by atoms with Gasteiger partial charge in [-0.1, -0.05) is 161 Å². The third-order valence-corrected chi connectivity index (χ3v) is 27.7. The van der Waals surface area contributed by atoms with E-state index in [9.17, 15) is 83.4 Å². The van der Waals surface area contributed by atoms with Gasteiger partial charge >= 0.3 is 59.7 Å². The summed E-state index contributed by atoms with van der Waals surface area (Å²) in [6, 6.07) is 45.0. The molecule has 694 valence electrons. The van der Waals surface area contributed by atoms with Gasteiger partial charge in [0.25, 0.3) is 11.8 Å². The normalized spacial score (nSPS) is 30.7. The number of rotatable bonds is 24. The number of aliphatic hydroxyl groups excluding tert-OH is 3. The highest BCUT2D eigenvalue weighted by Gasteiger charge is 2.81. The van der Waals surface area contributed by atoms with Crippen LogP contribution in [0.25, 0.3) is 0 Å². The minimum atomic E-state index is -2.50. The summed E-state index contributed by atoms with van der Waals surface area (Å²) in [7, 11) is 0. The first-order valence-corrected chi connectivity index (χ1v) is 43.0. The van der Waals surface area contributed by atoms with E-state index in [1.807, 2.05) is 0 Å². The summed E-state index contributed by atoms with van der Waals surface area (Å²) < 4.78 is 66.6. The highest BCUT2D eigenvalue weighted by molar-refractivity contribution is 5.99. The molecule has 33 heteroatoms. The number of carboxylic acids is 1. The lowest BCUT2D eigenvalue weighted by Gasteiger charge is -2.67. The molecular formula is C98H106N2O31. The van der Waals surface area contributed by atoms with Crippen molar-refractivity contribution < 1.29 is 150 Å². The molecule has 131 heavy (non-hydrogen) atoms. The second-order valence-corrected chi connectivity index (χ2v) is 36.1. The molecule has 6 fully saturated rings. The number of carbonyl (C=O) groups is 14. The minimum Gasteiger partial charge on any atom is -0.481 e. The van der Waals surface area contributed by atoms with E-state index < -0.39 is 250 Å². The molecule has 14 rings (SSSR count). The lowest BCUT2D eigenvalue weighted by molar-refractivity contribution is -0.346. The molecule has 2 amide bonds. The fraction of sp³-hybridized carbons (Fsp3) is 0.449. The van der Waals surface area contributed by atoms with Crippen LogP contribution < -0.4 is 10.6 Å². The summed E-state index contributed by atoms with van der Waals surface area (Å²) in [6.07, 6.45) is -23.0. The lowest BCUT2D eigenvalue weighted by atomic mass is 9.44. The van der Waals surface area contributed by atoms with Gasteiger partial charge in [-0.15, -0.1) is 0 Å². The van der Waals surface area contributed by atoms with E-state index in [1.54, 1.807) is 159 Å². The smallest absolute Gasteiger partial charge is 0.350 e. The van der Waals surface area contributed by atoms with Gasteiger partial charge in [-0.05, 0) is 110 Å². The monoisotopic (exact) mass is 1810 g/mol. The largest absolute Gasteiger partial charge is 0.481 e. The summed E-state index contributed by atoms with van der Waals surface area (Å²) in [5, 5.41) is 78.4. The predicted octanol–water partition coefficient (Wildman–Crippen LogP) is 7.89. The molecule has 4 bridgehead atoms. The van der Waals surface area contributed by atoms with Crippen molar-refractivity contribution >= 4 is 83.1 Å². The number of ketones is 2. The second kappa shape index (κ2) is 37.4. The van der Waals surface area contributed by atoms with Crippen LogP contribution in [0.1, 0.15) is 186 Å². The molecule has 0 radical (unpaired) electrons. The Morgan fingerprint density at radius 2 is 0.779 bits per heavy atom. The standard InChI is InChI=1S/C51H55NO17.C47H51NO14/c1-27-33(66-47(62)41(67-37(58)23-22-36(56)57)39(30-16-10-7-11-17-30)52-45(60)31-18-12-8-13-19-31)25-51(63)44(68-46(61)32-20-14-9-15-21-32)42-49(6,34(55)24-35-50(42,26-64-35)69-29(3)54)43(59)40(65-28(2)53)38(27)48(51,4)5;1-25-31(60-43(56)36(52)35(28-16-10-7-11-17-28)48-41(54)29-18-12-8-13-19-29)23-47(57)40(61-42(55)30-20-14-9-15-21-30)38-45(6,32(51)22-33-46(38,24-58-33)62-27(3)50)39(53)37(59-26(2)49)34(25)44(47,4)5/h7-21,33-35,39-42,44,55,63H,22-26H2,1-6H3,(H,52,60)(H,56,57);7-21,31-33,35-38,40,51-52,57H,22-24H2,1-6H3,(H,48,54)/t33?,34-,35+,39?,40+,41+,42-,44-,49+,50-,51+;31?,32-,33+,35?,36+,37+,38-,40-,45+,46-,47+/m00/s1. The first-order valence-electron chi connectivity index (χ1n) is 43.0. The fourth-order valence-electron chi connectivity index (χ4n) is 20.9. The molecular weight excluding hydrogens is 1700 g/mol. The Kier molecular flexibility index (Phi) is 27.4. The fourth-order valence-corrected chi connectivity index (χ4v) is 20.9. The Labute approximate surface area is 753 Å². The number of Topliss-reactive ketones (excluding diaryl/α,β-unsaturated/α-hetero) is 2. The summed E-state index contributed by atoms with van der Waals surface area (Å²) in [5.74, 6) is -16.6. The quantitative estimate of drug-likeness (QED) is 0.0162. The highest BCUT2D eigenvalue weighted by atomic mass is 16.7. The maximum Gasteiger partial charge on any atom is 0.350 e. The average molecular weight is 1810 g/mol. The number of ether oxygens (including phenoxy) is 11. The van der Waals surface area contributed by atoms with E-state index in [2.05, 4.69) is 10.6 Å². The number of carbonyl (C=O) groups excluding carboxylic acids is 13. The number of nitrogens with one attached hydrogen (secondary N) is 2. The van der Waals surface area contributed by atoms with Gasteiger partial charge < -0.3 is 93.4 Å². The zero-order chi connectivity index (χ0) is 95.2. The Balaban J connectivity index is 0.000000224. The number of aliphatic hydroxyl groups is 5. The van der Waals surface area contributed by atoms with Gasteiger partial charge in [0.15, 0.2) is 41.1 Å². The summed E-state index contributed by atoms with van der Waals surface area (Å²) >= 11 is 0. The maximum atomic E-state index is 15.7. The van der Waals surface area contributed by atoms with Gasteiger partial charge in [0.05, 0.1) is 78.1 Å². The number of hydrogen-bond donors (Lipinski definition) is 8. The van der Waals surface area contributed by atoms with Crippen molar-refractivity contribution in [2.75, 3.05) is 13.2 Å². The third-order valence-electron chi connectivity index (χ3n) is 27.7. The Hall–Kier alpha value is -12.5. The molecule has 4 saturated carbocycles. The number of benzene rings is 6. The van der Waals surface area contributed by atoms with Crippen molar-refractivity contribution in [3.8, 4) is 0 Å². The zero-order valence-electron chi connectivity index (χ0n) is 74.1. The molecule has 0 spiro atoms. The Bertz CT molecular complexity index is 5500. The number of carboxylic acid groups (broad SMARTS) is 1. The molecule has 2 saturated heterocycles. The molecule has 8 aliphatic rings. The van der Waals surface area contributed by atoms with Crippen LogP contribution in [0.15, 0.2) is 204 Å². The van der Waals surface area contributed by atoms with Crippen LogP contribution in [0.2, 0.25) is 0 Å².